The number of benzene rings is 1. The number of carbonyl (C=O) groups is 1. The standard InChI is InChI=1S/C18H14N4OS/c19-10-15-7-6-14(11-21-15)17(23)20-9-8-16-12-24-18(22-16)13-4-2-1-3-5-13/h1-7,11-12H,8-9H2,(H,20,23). The van der Waals surface area contributed by atoms with E-state index >= 15 is 0 Å². The second-order valence-corrected chi connectivity index (χ2v) is 5.92. The molecule has 1 amide bonds. The van der Waals surface area contributed by atoms with Gasteiger partial charge in [-0.15, -0.1) is 11.3 Å². The van der Waals surface area contributed by atoms with Gasteiger partial charge in [0.25, 0.3) is 5.91 Å². The number of carbonyl (C=O) groups excluding carboxylic acids is 1. The van der Waals surface area contributed by atoms with E-state index in [-0.39, 0.29) is 5.91 Å². The van der Waals surface area contributed by atoms with Crippen molar-refractivity contribution in [1.29, 1.82) is 5.26 Å². The lowest BCUT2D eigenvalue weighted by atomic mass is 10.2. The predicted molar refractivity (Wildman–Crippen MR) is 92.5 cm³/mol. The van der Waals surface area contributed by atoms with Crippen LogP contribution in [0.4, 0.5) is 0 Å². The number of thiazole rings is 1. The van der Waals surface area contributed by atoms with Crippen molar-refractivity contribution in [2.75, 3.05) is 6.54 Å². The molecule has 0 radical (unpaired) electrons. The molecule has 6 heteroatoms. The maximum Gasteiger partial charge on any atom is 0.252 e. The van der Waals surface area contributed by atoms with Gasteiger partial charge < -0.3 is 5.32 Å². The molecule has 2 aromatic heterocycles. The Labute approximate surface area is 143 Å². The van der Waals surface area contributed by atoms with E-state index in [2.05, 4.69) is 15.3 Å². The first-order valence-electron chi connectivity index (χ1n) is 7.40. The van der Waals surface area contributed by atoms with Crippen molar-refractivity contribution in [2.45, 2.75) is 6.42 Å². The number of hydrogen-bond acceptors (Lipinski definition) is 5. The molecule has 0 saturated carbocycles. The minimum absolute atomic E-state index is 0.203. The van der Waals surface area contributed by atoms with Crippen molar-refractivity contribution in [3.63, 3.8) is 0 Å². The van der Waals surface area contributed by atoms with Crippen molar-refractivity contribution in [3.05, 3.63) is 71.0 Å². The molecule has 2 heterocycles. The van der Waals surface area contributed by atoms with E-state index in [0.717, 1.165) is 16.3 Å². The molecule has 0 spiro atoms. The van der Waals surface area contributed by atoms with Gasteiger partial charge in [-0.25, -0.2) is 9.97 Å². The van der Waals surface area contributed by atoms with Crippen LogP contribution in [0.2, 0.25) is 0 Å². The number of nitrogens with one attached hydrogen (secondary N) is 1. The summed E-state index contributed by atoms with van der Waals surface area (Å²) in [5, 5.41) is 14.5. The van der Waals surface area contributed by atoms with Crippen LogP contribution in [0.25, 0.3) is 10.6 Å². The third-order valence-corrected chi connectivity index (χ3v) is 4.32. The number of nitrogens with zero attached hydrogens (tertiary/aromatic N) is 3. The van der Waals surface area contributed by atoms with Crippen molar-refractivity contribution in [1.82, 2.24) is 15.3 Å². The Kier molecular flexibility index (Phi) is 4.94. The Morgan fingerprint density at radius 2 is 2.04 bits per heavy atom. The van der Waals surface area contributed by atoms with Crippen LogP contribution >= 0.6 is 11.3 Å². The van der Waals surface area contributed by atoms with Gasteiger partial charge in [0.05, 0.1) is 11.3 Å². The molecule has 0 aliphatic heterocycles. The predicted octanol–water partition coefficient (Wildman–Crippen LogP) is 3.05. The van der Waals surface area contributed by atoms with Gasteiger partial charge >= 0.3 is 0 Å². The molecule has 0 saturated heterocycles. The summed E-state index contributed by atoms with van der Waals surface area (Å²) in [6.07, 6.45) is 2.07. The highest BCUT2D eigenvalue weighted by Gasteiger charge is 2.07. The van der Waals surface area contributed by atoms with Crippen LogP contribution in [-0.2, 0) is 6.42 Å². The van der Waals surface area contributed by atoms with E-state index in [4.69, 9.17) is 5.26 Å². The zero-order chi connectivity index (χ0) is 16.8. The number of rotatable bonds is 5. The first-order chi connectivity index (χ1) is 11.8. The molecule has 118 valence electrons. The van der Waals surface area contributed by atoms with Gasteiger partial charge in [-0.05, 0) is 12.1 Å². The number of amides is 1. The lowest BCUT2D eigenvalue weighted by Gasteiger charge is -2.03. The number of hydrogen-bond donors (Lipinski definition) is 1. The molecule has 0 atom stereocenters. The highest BCUT2D eigenvalue weighted by Crippen LogP contribution is 2.23. The average Bonchev–Trinajstić information content (AvgIpc) is 3.11. The topological polar surface area (TPSA) is 78.7 Å². The Balaban J connectivity index is 1.54. The van der Waals surface area contributed by atoms with Gasteiger partial charge in [-0.1, -0.05) is 30.3 Å². The van der Waals surface area contributed by atoms with E-state index in [9.17, 15) is 4.79 Å². The number of pyridine rings is 1. The van der Waals surface area contributed by atoms with E-state index in [1.165, 1.54) is 12.3 Å². The molecule has 24 heavy (non-hydrogen) atoms. The Morgan fingerprint density at radius 1 is 1.21 bits per heavy atom. The molecule has 3 rings (SSSR count). The number of aromatic nitrogens is 2. The fraction of sp³-hybridized carbons (Fsp3) is 0.111. The van der Waals surface area contributed by atoms with Crippen LogP contribution in [0.1, 0.15) is 21.7 Å². The molecule has 0 aliphatic rings. The van der Waals surface area contributed by atoms with Gasteiger partial charge in [-0.2, -0.15) is 5.26 Å². The van der Waals surface area contributed by atoms with Crippen LogP contribution in [-0.4, -0.2) is 22.4 Å². The third-order valence-electron chi connectivity index (χ3n) is 3.38. The van der Waals surface area contributed by atoms with Crippen LogP contribution in [0.15, 0.2) is 54.0 Å². The highest BCUT2D eigenvalue weighted by molar-refractivity contribution is 7.13. The molecule has 3 aromatic rings. The van der Waals surface area contributed by atoms with Crippen molar-refractivity contribution >= 4 is 17.2 Å². The average molecular weight is 334 g/mol. The molecular weight excluding hydrogens is 320 g/mol. The molecule has 1 N–H and O–H groups in total. The summed E-state index contributed by atoms with van der Waals surface area (Å²) in [4.78, 5) is 20.5. The Morgan fingerprint density at radius 3 is 2.75 bits per heavy atom. The summed E-state index contributed by atoms with van der Waals surface area (Å²) in [5.41, 5.74) is 2.79. The first kappa shape index (κ1) is 15.8. The number of nitriles is 1. The summed E-state index contributed by atoms with van der Waals surface area (Å²) < 4.78 is 0. The molecule has 0 fully saturated rings. The summed E-state index contributed by atoms with van der Waals surface area (Å²) in [5.74, 6) is -0.203. The second kappa shape index (κ2) is 7.49. The van der Waals surface area contributed by atoms with Crippen molar-refractivity contribution in [2.24, 2.45) is 0 Å². The SMILES string of the molecule is N#Cc1ccc(C(=O)NCCc2csc(-c3ccccc3)n2)cn1. The maximum absolute atomic E-state index is 12.0. The van der Waals surface area contributed by atoms with E-state index in [1.807, 2.05) is 41.8 Å². The molecular formula is C18H14N4OS. The van der Waals surface area contributed by atoms with E-state index in [1.54, 1.807) is 17.4 Å². The smallest absolute Gasteiger partial charge is 0.252 e. The zero-order valence-electron chi connectivity index (χ0n) is 12.8. The normalized spacial score (nSPS) is 10.1. The highest BCUT2D eigenvalue weighted by atomic mass is 32.1. The minimum Gasteiger partial charge on any atom is -0.352 e. The van der Waals surface area contributed by atoms with Gasteiger partial charge in [0.15, 0.2) is 0 Å². The quantitative estimate of drug-likeness (QED) is 0.778. The summed E-state index contributed by atoms with van der Waals surface area (Å²) in [7, 11) is 0. The van der Waals surface area contributed by atoms with E-state index < -0.39 is 0 Å². The largest absolute Gasteiger partial charge is 0.352 e. The van der Waals surface area contributed by atoms with E-state index in [0.29, 0.717) is 24.2 Å². The second-order valence-electron chi connectivity index (χ2n) is 5.06. The monoisotopic (exact) mass is 334 g/mol. The van der Waals surface area contributed by atoms with Gasteiger partial charge in [0.2, 0.25) is 0 Å². The molecule has 1 aromatic carbocycles. The molecule has 0 bridgehead atoms. The van der Waals surface area contributed by atoms with Crippen molar-refractivity contribution < 1.29 is 4.79 Å². The van der Waals surface area contributed by atoms with Gasteiger partial charge in [0, 0.05) is 30.1 Å². The fourth-order valence-electron chi connectivity index (χ4n) is 2.14. The first-order valence-corrected chi connectivity index (χ1v) is 8.28. The lowest BCUT2D eigenvalue weighted by Crippen LogP contribution is -2.25. The Hall–Kier alpha value is -3.04. The molecule has 0 aliphatic carbocycles. The molecule has 0 unspecified atom stereocenters. The lowest BCUT2D eigenvalue weighted by molar-refractivity contribution is 0.0953. The minimum atomic E-state index is -0.203. The van der Waals surface area contributed by atoms with Gasteiger partial charge in [0.1, 0.15) is 16.8 Å². The summed E-state index contributed by atoms with van der Waals surface area (Å²) in [6.45, 7) is 0.497. The van der Waals surface area contributed by atoms with Crippen LogP contribution in [0.5, 0.6) is 0 Å². The zero-order valence-corrected chi connectivity index (χ0v) is 13.6. The Bertz CT molecular complexity index is 866. The fourth-order valence-corrected chi connectivity index (χ4v) is 3.00. The summed E-state index contributed by atoms with van der Waals surface area (Å²) >= 11 is 1.60. The molecule has 5 nitrogen and oxygen atoms in total. The van der Waals surface area contributed by atoms with Crippen LogP contribution < -0.4 is 5.32 Å². The maximum atomic E-state index is 12.0. The van der Waals surface area contributed by atoms with Gasteiger partial charge in [-0.3, -0.25) is 4.79 Å². The summed E-state index contributed by atoms with van der Waals surface area (Å²) in [6, 6.07) is 15.1. The van der Waals surface area contributed by atoms with Crippen LogP contribution in [0, 0.1) is 11.3 Å². The van der Waals surface area contributed by atoms with Crippen LogP contribution in [0.3, 0.4) is 0 Å². The third kappa shape index (κ3) is 3.83. The van der Waals surface area contributed by atoms with Crippen molar-refractivity contribution in [3.8, 4) is 16.6 Å².